The highest BCUT2D eigenvalue weighted by Gasteiger charge is 2.14. The zero-order valence-corrected chi connectivity index (χ0v) is 13.0. The van der Waals surface area contributed by atoms with E-state index in [1.807, 2.05) is 0 Å². The second kappa shape index (κ2) is 6.91. The van der Waals surface area contributed by atoms with Gasteiger partial charge in [0.05, 0.1) is 24.2 Å². The SMILES string of the molecule is O=C(O)Cc1ccc(N=Nc2c(CC(=O)O)nc3ccccn23)cc1. The molecule has 126 valence electrons. The van der Waals surface area contributed by atoms with Crippen molar-refractivity contribution in [1.82, 2.24) is 9.38 Å². The second-order valence-electron chi connectivity index (χ2n) is 5.32. The van der Waals surface area contributed by atoms with Crippen LogP contribution >= 0.6 is 0 Å². The largest absolute Gasteiger partial charge is 0.481 e. The smallest absolute Gasteiger partial charge is 0.309 e. The third-order valence-electron chi connectivity index (χ3n) is 3.44. The summed E-state index contributed by atoms with van der Waals surface area (Å²) in [5.74, 6) is -1.55. The lowest BCUT2D eigenvalue weighted by molar-refractivity contribution is -0.137. The van der Waals surface area contributed by atoms with Gasteiger partial charge >= 0.3 is 11.9 Å². The summed E-state index contributed by atoms with van der Waals surface area (Å²) in [4.78, 5) is 26.0. The van der Waals surface area contributed by atoms with E-state index in [0.717, 1.165) is 0 Å². The molecule has 8 nitrogen and oxygen atoms in total. The number of fused-ring (bicyclic) bond motifs is 1. The molecule has 0 aliphatic carbocycles. The summed E-state index contributed by atoms with van der Waals surface area (Å²) in [6, 6.07) is 12.0. The quantitative estimate of drug-likeness (QED) is 0.670. The first-order valence-electron chi connectivity index (χ1n) is 7.43. The molecule has 0 aliphatic rings. The average Bonchev–Trinajstić information content (AvgIpc) is 2.90. The van der Waals surface area contributed by atoms with Gasteiger partial charge in [-0.2, -0.15) is 0 Å². The third kappa shape index (κ3) is 3.86. The van der Waals surface area contributed by atoms with E-state index in [-0.39, 0.29) is 12.8 Å². The van der Waals surface area contributed by atoms with Crippen molar-refractivity contribution in [2.45, 2.75) is 12.8 Å². The van der Waals surface area contributed by atoms with Gasteiger partial charge in [-0.1, -0.05) is 18.2 Å². The number of nitrogens with zero attached hydrogens (tertiary/aromatic N) is 4. The summed E-state index contributed by atoms with van der Waals surface area (Å²) in [5, 5.41) is 26.1. The lowest BCUT2D eigenvalue weighted by atomic mass is 10.1. The fourth-order valence-electron chi connectivity index (χ4n) is 2.36. The molecule has 0 saturated heterocycles. The molecule has 3 aromatic rings. The number of azo groups is 1. The van der Waals surface area contributed by atoms with Crippen molar-refractivity contribution in [3.05, 3.63) is 59.9 Å². The summed E-state index contributed by atoms with van der Waals surface area (Å²) in [7, 11) is 0. The molecule has 0 amide bonds. The number of hydrogen-bond acceptors (Lipinski definition) is 5. The Morgan fingerprint density at radius 3 is 2.36 bits per heavy atom. The third-order valence-corrected chi connectivity index (χ3v) is 3.44. The van der Waals surface area contributed by atoms with Gasteiger partial charge in [-0.05, 0) is 29.8 Å². The molecule has 0 atom stereocenters. The lowest BCUT2D eigenvalue weighted by Gasteiger charge is -1.99. The molecule has 2 aromatic heterocycles. The summed E-state index contributed by atoms with van der Waals surface area (Å²) in [5.41, 5.74) is 2.10. The summed E-state index contributed by atoms with van der Waals surface area (Å²) >= 11 is 0. The zero-order chi connectivity index (χ0) is 17.8. The maximum Gasteiger partial charge on any atom is 0.309 e. The highest BCUT2D eigenvalue weighted by atomic mass is 16.4. The minimum absolute atomic E-state index is 0.0621. The van der Waals surface area contributed by atoms with Crippen LogP contribution in [0.3, 0.4) is 0 Å². The Balaban J connectivity index is 1.92. The summed E-state index contributed by atoms with van der Waals surface area (Å²) in [6.45, 7) is 0. The van der Waals surface area contributed by atoms with Crippen LogP contribution < -0.4 is 0 Å². The molecular weight excluding hydrogens is 324 g/mol. The van der Waals surface area contributed by atoms with E-state index in [2.05, 4.69) is 15.2 Å². The Bertz CT molecular complexity index is 960. The highest BCUT2D eigenvalue weighted by Crippen LogP contribution is 2.24. The Hall–Kier alpha value is -3.55. The number of benzene rings is 1. The van der Waals surface area contributed by atoms with Gasteiger partial charge in [0.2, 0.25) is 0 Å². The number of hydrogen-bond donors (Lipinski definition) is 2. The molecule has 0 fully saturated rings. The number of carboxylic acid groups (broad SMARTS) is 2. The minimum atomic E-state index is -1.00. The van der Waals surface area contributed by atoms with Gasteiger partial charge in [-0.3, -0.25) is 14.0 Å². The van der Waals surface area contributed by atoms with Crippen molar-refractivity contribution < 1.29 is 19.8 Å². The standard InChI is InChI=1S/C17H14N4O4/c22-15(23)9-11-4-6-12(7-5-11)19-20-17-13(10-16(24)25)18-14-3-1-2-8-21(14)17/h1-8H,9-10H2,(H,22,23)(H,24,25). The highest BCUT2D eigenvalue weighted by molar-refractivity contribution is 5.72. The van der Waals surface area contributed by atoms with Crippen molar-refractivity contribution >= 4 is 29.1 Å². The molecule has 25 heavy (non-hydrogen) atoms. The molecule has 3 rings (SSSR count). The van der Waals surface area contributed by atoms with E-state index in [1.54, 1.807) is 53.1 Å². The van der Waals surface area contributed by atoms with Crippen LogP contribution in [0.15, 0.2) is 58.9 Å². The molecule has 0 aliphatic heterocycles. The maximum absolute atomic E-state index is 11.0. The van der Waals surface area contributed by atoms with E-state index >= 15 is 0 Å². The first-order chi connectivity index (χ1) is 12.0. The van der Waals surface area contributed by atoms with Crippen LogP contribution in [-0.2, 0) is 22.4 Å². The van der Waals surface area contributed by atoms with Crippen molar-refractivity contribution in [3.8, 4) is 0 Å². The van der Waals surface area contributed by atoms with E-state index in [1.165, 1.54) is 0 Å². The fraction of sp³-hybridized carbons (Fsp3) is 0.118. The molecular formula is C17H14N4O4. The molecule has 0 bridgehead atoms. The molecule has 0 unspecified atom stereocenters. The number of aromatic nitrogens is 2. The van der Waals surface area contributed by atoms with Crippen LogP contribution in [0.5, 0.6) is 0 Å². The van der Waals surface area contributed by atoms with Gasteiger partial charge in [0.1, 0.15) is 5.65 Å². The Kier molecular flexibility index (Phi) is 4.51. The number of carbonyl (C=O) groups is 2. The van der Waals surface area contributed by atoms with Gasteiger partial charge in [-0.15, -0.1) is 10.2 Å². The normalized spacial score (nSPS) is 11.2. The van der Waals surface area contributed by atoms with Gasteiger partial charge < -0.3 is 10.2 Å². The van der Waals surface area contributed by atoms with Crippen molar-refractivity contribution in [2.24, 2.45) is 10.2 Å². The molecule has 2 heterocycles. The summed E-state index contributed by atoms with van der Waals surface area (Å²) in [6.07, 6.45) is 1.42. The first kappa shape index (κ1) is 16.3. The number of imidazole rings is 1. The van der Waals surface area contributed by atoms with Crippen LogP contribution in [0.4, 0.5) is 11.5 Å². The van der Waals surface area contributed by atoms with Gasteiger partial charge in [0.15, 0.2) is 5.82 Å². The number of carboxylic acids is 2. The molecule has 1 aromatic carbocycles. The van der Waals surface area contributed by atoms with Crippen molar-refractivity contribution in [1.29, 1.82) is 0 Å². The molecule has 0 radical (unpaired) electrons. The van der Waals surface area contributed by atoms with E-state index in [9.17, 15) is 9.59 Å². The van der Waals surface area contributed by atoms with Crippen molar-refractivity contribution in [2.75, 3.05) is 0 Å². The van der Waals surface area contributed by atoms with Gasteiger partial charge in [0.25, 0.3) is 0 Å². The Labute approximate surface area is 142 Å². The predicted molar refractivity (Wildman–Crippen MR) is 88.5 cm³/mol. The minimum Gasteiger partial charge on any atom is -0.481 e. The van der Waals surface area contributed by atoms with E-state index in [4.69, 9.17) is 10.2 Å². The average molecular weight is 338 g/mol. The molecule has 8 heteroatoms. The van der Waals surface area contributed by atoms with Crippen LogP contribution in [0.2, 0.25) is 0 Å². The molecule has 0 saturated carbocycles. The van der Waals surface area contributed by atoms with Crippen LogP contribution in [0.1, 0.15) is 11.3 Å². The fourth-order valence-corrected chi connectivity index (χ4v) is 2.36. The monoisotopic (exact) mass is 338 g/mol. The van der Waals surface area contributed by atoms with Crippen LogP contribution in [0.25, 0.3) is 5.65 Å². The van der Waals surface area contributed by atoms with E-state index < -0.39 is 11.9 Å². The Morgan fingerprint density at radius 2 is 1.68 bits per heavy atom. The first-order valence-corrected chi connectivity index (χ1v) is 7.43. The van der Waals surface area contributed by atoms with E-state index in [0.29, 0.717) is 28.4 Å². The van der Waals surface area contributed by atoms with Crippen molar-refractivity contribution in [3.63, 3.8) is 0 Å². The van der Waals surface area contributed by atoms with Crippen LogP contribution in [0, 0.1) is 0 Å². The zero-order valence-electron chi connectivity index (χ0n) is 13.0. The van der Waals surface area contributed by atoms with Gasteiger partial charge in [-0.25, -0.2) is 4.98 Å². The topological polar surface area (TPSA) is 117 Å². The summed E-state index contributed by atoms with van der Waals surface area (Å²) < 4.78 is 1.67. The number of pyridine rings is 1. The number of aliphatic carboxylic acids is 2. The maximum atomic E-state index is 11.0. The number of rotatable bonds is 6. The van der Waals surface area contributed by atoms with Gasteiger partial charge in [0, 0.05) is 6.20 Å². The second-order valence-corrected chi connectivity index (χ2v) is 5.32. The Morgan fingerprint density at radius 1 is 0.960 bits per heavy atom. The molecule has 0 spiro atoms. The molecule has 2 N–H and O–H groups in total. The lowest BCUT2D eigenvalue weighted by Crippen LogP contribution is -2.00. The van der Waals surface area contributed by atoms with Crippen LogP contribution in [-0.4, -0.2) is 31.5 Å². The predicted octanol–water partition coefficient (Wildman–Crippen LogP) is 3.00.